The molecule has 1 amide bonds. The van der Waals surface area contributed by atoms with Gasteiger partial charge < -0.3 is 10.4 Å². The number of benzene rings is 2. The summed E-state index contributed by atoms with van der Waals surface area (Å²) in [6.07, 6.45) is 4.53. The van der Waals surface area contributed by atoms with Gasteiger partial charge in [-0.25, -0.2) is 4.39 Å². The van der Waals surface area contributed by atoms with Gasteiger partial charge in [0.1, 0.15) is 5.82 Å². The van der Waals surface area contributed by atoms with Gasteiger partial charge in [0.05, 0.1) is 5.92 Å². The molecule has 4 nitrogen and oxygen atoms in total. The zero-order chi connectivity index (χ0) is 17.6. The highest BCUT2D eigenvalue weighted by Crippen LogP contribution is 2.57. The lowest BCUT2D eigenvalue weighted by Crippen LogP contribution is -2.47. The number of nitrogens with one attached hydrogen (secondary N) is 1. The molecule has 2 N–H and O–H groups in total. The molecule has 2 aliphatic carbocycles. The van der Waals surface area contributed by atoms with E-state index in [4.69, 9.17) is 0 Å². The number of fused-ring (bicyclic) bond motifs is 1. The number of halogens is 1. The first-order valence-corrected chi connectivity index (χ1v) is 8.69. The van der Waals surface area contributed by atoms with E-state index < -0.39 is 11.9 Å². The number of carbonyl (C=O) groups excluding carboxylic acids is 1. The molecule has 0 aromatic heterocycles. The minimum absolute atomic E-state index is 0.210. The van der Waals surface area contributed by atoms with Crippen molar-refractivity contribution in [2.45, 2.75) is 38.1 Å². The second-order valence-corrected chi connectivity index (χ2v) is 7.44. The average molecular weight is 341 g/mol. The van der Waals surface area contributed by atoms with Crippen molar-refractivity contribution in [3.8, 4) is 0 Å². The third-order valence-corrected chi connectivity index (χ3v) is 5.80. The molecule has 2 aromatic rings. The molecule has 2 saturated carbocycles. The van der Waals surface area contributed by atoms with E-state index in [1.807, 2.05) is 0 Å². The van der Waals surface area contributed by atoms with E-state index in [1.165, 1.54) is 12.1 Å². The average Bonchev–Trinajstić information content (AvgIpc) is 3.34. The van der Waals surface area contributed by atoms with Gasteiger partial charge in [-0.15, -0.1) is 0 Å². The normalized spacial score (nSPS) is 24.2. The van der Waals surface area contributed by atoms with Crippen molar-refractivity contribution in [3.63, 3.8) is 0 Å². The Labute approximate surface area is 145 Å². The minimum atomic E-state index is -0.837. The Kier molecular flexibility index (Phi) is 3.74. The van der Waals surface area contributed by atoms with Crippen LogP contribution < -0.4 is 5.32 Å². The highest BCUT2D eigenvalue weighted by Gasteiger charge is 2.50. The summed E-state index contributed by atoms with van der Waals surface area (Å²) < 4.78 is 13.4. The number of carboxylic acid groups (broad SMARTS) is 1. The number of aliphatic carboxylic acids is 1. The molecule has 0 bridgehead atoms. The number of hydrogen-bond acceptors (Lipinski definition) is 2. The fourth-order valence-corrected chi connectivity index (χ4v) is 4.14. The van der Waals surface area contributed by atoms with Crippen molar-refractivity contribution >= 4 is 22.6 Å². The van der Waals surface area contributed by atoms with Crippen LogP contribution in [0.4, 0.5) is 4.39 Å². The van der Waals surface area contributed by atoms with Gasteiger partial charge in [0.15, 0.2) is 0 Å². The van der Waals surface area contributed by atoms with Gasteiger partial charge in [-0.3, -0.25) is 9.59 Å². The van der Waals surface area contributed by atoms with Crippen LogP contribution >= 0.6 is 0 Å². The summed E-state index contributed by atoms with van der Waals surface area (Å²) in [4.78, 5) is 24.4. The molecule has 130 valence electrons. The van der Waals surface area contributed by atoms with Crippen LogP contribution in [-0.4, -0.2) is 23.0 Å². The van der Waals surface area contributed by atoms with E-state index in [0.29, 0.717) is 29.2 Å². The number of rotatable bonds is 3. The molecule has 4 rings (SSSR count). The smallest absolute Gasteiger partial charge is 0.308 e. The van der Waals surface area contributed by atoms with E-state index in [9.17, 15) is 19.1 Å². The lowest BCUT2D eigenvalue weighted by molar-refractivity contribution is -0.144. The van der Waals surface area contributed by atoms with Crippen molar-refractivity contribution in [2.24, 2.45) is 11.3 Å². The maximum atomic E-state index is 13.4. The van der Waals surface area contributed by atoms with Crippen LogP contribution in [0, 0.1) is 17.2 Å². The lowest BCUT2D eigenvalue weighted by atomic mass is 9.75. The molecule has 0 heterocycles. The molecule has 2 aromatic carbocycles. The molecule has 5 heteroatoms. The predicted molar refractivity (Wildman–Crippen MR) is 91.8 cm³/mol. The Hall–Kier alpha value is -2.43. The van der Waals surface area contributed by atoms with Gasteiger partial charge in [-0.1, -0.05) is 18.2 Å². The van der Waals surface area contributed by atoms with Crippen molar-refractivity contribution in [1.82, 2.24) is 5.32 Å². The SMILES string of the molecule is O=C(N[C@H]1CCC2(CC2)C[C@H]1C(=O)O)c1cccc2cc(F)ccc12. The third-order valence-electron chi connectivity index (χ3n) is 5.80. The maximum absolute atomic E-state index is 13.4. The zero-order valence-corrected chi connectivity index (χ0v) is 13.8. The Morgan fingerprint density at radius 2 is 1.96 bits per heavy atom. The summed E-state index contributed by atoms with van der Waals surface area (Å²) in [6, 6.07) is 9.12. The second kappa shape index (κ2) is 5.83. The minimum Gasteiger partial charge on any atom is -0.481 e. The highest BCUT2D eigenvalue weighted by molar-refractivity contribution is 6.07. The van der Waals surface area contributed by atoms with Gasteiger partial charge in [0, 0.05) is 11.6 Å². The van der Waals surface area contributed by atoms with Crippen LogP contribution in [-0.2, 0) is 4.79 Å². The molecule has 0 aliphatic heterocycles. The largest absolute Gasteiger partial charge is 0.481 e. The fraction of sp³-hybridized carbons (Fsp3) is 0.400. The first-order chi connectivity index (χ1) is 12.0. The number of amides is 1. The van der Waals surface area contributed by atoms with Crippen molar-refractivity contribution in [2.75, 3.05) is 0 Å². The summed E-state index contributed by atoms with van der Waals surface area (Å²) >= 11 is 0. The van der Waals surface area contributed by atoms with Gasteiger partial charge in [-0.05, 0) is 66.5 Å². The summed E-state index contributed by atoms with van der Waals surface area (Å²) in [6.45, 7) is 0. The summed E-state index contributed by atoms with van der Waals surface area (Å²) in [7, 11) is 0. The molecule has 0 radical (unpaired) electrons. The second-order valence-electron chi connectivity index (χ2n) is 7.44. The third kappa shape index (κ3) is 2.99. The van der Waals surface area contributed by atoms with Crippen LogP contribution in [0.1, 0.15) is 42.5 Å². The molecule has 2 fully saturated rings. The van der Waals surface area contributed by atoms with Crippen molar-refractivity contribution in [3.05, 3.63) is 47.8 Å². The molecular formula is C20H20FNO3. The highest BCUT2D eigenvalue weighted by atomic mass is 19.1. The standard InChI is InChI=1S/C20H20FNO3/c21-13-4-5-14-12(10-13)2-1-3-15(14)18(23)22-17-6-7-20(8-9-20)11-16(17)19(24)25/h1-5,10,16-17H,6-9,11H2,(H,22,23)(H,24,25)/t16-,17+/m1/s1. The van der Waals surface area contributed by atoms with Crippen LogP contribution in [0.25, 0.3) is 10.8 Å². The monoisotopic (exact) mass is 341 g/mol. The lowest BCUT2D eigenvalue weighted by Gasteiger charge is -2.34. The Morgan fingerprint density at radius 1 is 1.16 bits per heavy atom. The molecular weight excluding hydrogens is 321 g/mol. The Morgan fingerprint density at radius 3 is 2.68 bits per heavy atom. The molecule has 1 spiro atoms. The maximum Gasteiger partial charge on any atom is 0.308 e. The Bertz CT molecular complexity index is 859. The van der Waals surface area contributed by atoms with E-state index in [2.05, 4.69) is 5.32 Å². The van der Waals surface area contributed by atoms with Crippen LogP contribution in [0.15, 0.2) is 36.4 Å². The van der Waals surface area contributed by atoms with E-state index in [-0.39, 0.29) is 23.2 Å². The quantitative estimate of drug-likeness (QED) is 0.894. The van der Waals surface area contributed by atoms with Gasteiger partial charge in [0.2, 0.25) is 0 Å². The Balaban J connectivity index is 1.58. The first-order valence-electron chi connectivity index (χ1n) is 8.69. The first kappa shape index (κ1) is 16.1. The van der Waals surface area contributed by atoms with Gasteiger partial charge >= 0.3 is 5.97 Å². The summed E-state index contributed by atoms with van der Waals surface area (Å²) in [5, 5.41) is 13.8. The van der Waals surface area contributed by atoms with Crippen LogP contribution in [0.3, 0.4) is 0 Å². The number of carbonyl (C=O) groups is 2. The number of hydrogen-bond donors (Lipinski definition) is 2. The molecule has 0 unspecified atom stereocenters. The molecule has 0 saturated heterocycles. The molecule has 2 aliphatic rings. The predicted octanol–water partition coefficient (Wildman–Crippen LogP) is 3.74. The van der Waals surface area contributed by atoms with E-state index >= 15 is 0 Å². The van der Waals surface area contributed by atoms with Crippen LogP contribution in [0.2, 0.25) is 0 Å². The molecule has 2 atom stereocenters. The van der Waals surface area contributed by atoms with Gasteiger partial charge in [-0.2, -0.15) is 0 Å². The summed E-state index contributed by atoms with van der Waals surface area (Å²) in [5.41, 5.74) is 0.662. The van der Waals surface area contributed by atoms with Crippen molar-refractivity contribution in [1.29, 1.82) is 0 Å². The van der Waals surface area contributed by atoms with E-state index in [0.717, 1.165) is 19.3 Å². The van der Waals surface area contributed by atoms with Gasteiger partial charge in [0.25, 0.3) is 5.91 Å². The van der Waals surface area contributed by atoms with Crippen LogP contribution in [0.5, 0.6) is 0 Å². The number of carboxylic acids is 1. The zero-order valence-electron chi connectivity index (χ0n) is 13.8. The fourth-order valence-electron chi connectivity index (χ4n) is 4.14. The van der Waals surface area contributed by atoms with E-state index in [1.54, 1.807) is 24.3 Å². The van der Waals surface area contributed by atoms with Crippen molar-refractivity contribution < 1.29 is 19.1 Å². The topological polar surface area (TPSA) is 66.4 Å². The summed E-state index contributed by atoms with van der Waals surface area (Å²) in [5.74, 6) is -2.01. The molecule has 25 heavy (non-hydrogen) atoms.